The first-order chi connectivity index (χ1) is 17.0. The monoisotopic (exact) mass is 528 g/mol. The highest BCUT2D eigenvalue weighted by atomic mass is 32.2. The fourth-order valence-corrected chi connectivity index (χ4v) is 7.52. The highest BCUT2D eigenvalue weighted by Crippen LogP contribution is 2.33. The Morgan fingerprint density at radius 3 is 2.28 bits per heavy atom. The van der Waals surface area contributed by atoms with Crippen LogP contribution in [-0.2, 0) is 10.0 Å². The van der Waals surface area contributed by atoms with Gasteiger partial charge in [-0.1, -0.05) is 31.3 Å². The maximum atomic E-state index is 13.6. The molecule has 2 aromatic carbocycles. The number of fused-ring (bicyclic) bond motifs is 1. The summed E-state index contributed by atoms with van der Waals surface area (Å²) in [5.74, 6) is 0.473. The molecule has 1 amide bonds. The van der Waals surface area contributed by atoms with Crippen molar-refractivity contribution >= 4 is 42.6 Å². The number of sulfonamides is 1. The lowest BCUT2D eigenvalue weighted by Crippen LogP contribution is -2.42. The normalized spacial score (nSPS) is 19.2. The van der Waals surface area contributed by atoms with Gasteiger partial charge in [-0.05, 0) is 87.7 Å². The number of aromatic nitrogens is 1. The average Bonchev–Trinajstić information content (AvgIpc) is 3.25. The summed E-state index contributed by atoms with van der Waals surface area (Å²) in [6.07, 6.45) is 1.03. The number of aryl methyl sites for hydroxylation is 2. The SMILES string of the molecule is Cc1ccc2sc(N(CCN(C)C)C(=O)c3ccc(S(=O)(=O)N4CC(C)CC(C)C4)cc3)nc2c1C. The minimum atomic E-state index is -3.60. The summed E-state index contributed by atoms with van der Waals surface area (Å²) in [7, 11) is 0.339. The van der Waals surface area contributed by atoms with E-state index in [1.807, 2.05) is 19.0 Å². The summed E-state index contributed by atoms with van der Waals surface area (Å²) < 4.78 is 29.2. The number of rotatable bonds is 7. The fraction of sp³-hybridized carbons (Fsp3) is 0.481. The number of hydrogen-bond acceptors (Lipinski definition) is 6. The maximum Gasteiger partial charge on any atom is 0.260 e. The molecule has 1 fully saturated rings. The zero-order chi connectivity index (χ0) is 26.2. The summed E-state index contributed by atoms with van der Waals surface area (Å²) in [6.45, 7) is 10.5. The molecule has 0 spiro atoms. The molecule has 4 rings (SSSR count). The van der Waals surface area contributed by atoms with E-state index in [2.05, 4.69) is 39.8 Å². The highest BCUT2D eigenvalue weighted by molar-refractivity contribution is 7.89. The number of hydrogen-bond donors (Lipinski definition) is 0. The lowest BCUT2D eigenvalue weighted by Gasteiger charge is -2.34. The van der Waals surface area contributed by atoms with E-state index in [4.69, 9.17) is 4.98 Å². The van der Waals surface area contributed by atoms with E-state index in [0.717, 1.165) is 22.2 Å². The van der Waals surface area contributed by atoms with Gasteiger partial charge in [0.05, 0.1) is 15.1 Å². The number of piperidine rings is 1. The summed E-state index contributed by atoms with van der Waals surface area (Å²) in [4.78, 5) is 22.4. The van der Waals surface area contributed by atoms with Crippen molar-refractivity contribution in [1.29, 1.82) is 0 Å². The first kappa shape index (κ1) is 26.7. The van der Waals surface area contributed by atoms with E-state index in [1.54, 1.807) is 33.5 Å². The number of anilines is 1. The van der Waals surface area contributed by atoms with Crippen LogP contribution in [0.2, 0.25) is 0 Å². The zero-order valence-electron chi connectivity index (χ0n) is 22.0. The van der Waals surface area contributed by atoms with E-state index in [-0.39, 0.29) is 10.8 Å². The van der Waals surface area contributed by atoms with Crippen molar-refractivity contribution in [2.75, 3.05) is 45.2 Å². The first-order valence-electron chi connectivity index (χ1n) is 12.4. The molecule has 0 radical (unpaired) electrons. The van der Waals surface area contributed by atoms with Gasteiger partial charge in [0.15, 0.2) is 5.13 Å². The van der Waals surface area contributed by atoms with E-state index in [1.165, 1.54) is 16.9 Å². The van der Waals surface area contributed by atoms with Gasteiger partial charge in [0.25, 0.3) is 5.91 Å². The van der Waals surface area contributed by atoms with E-state index in [0.29, 0.717) is 48.7 Å². The second kappa shape index (κ2) is 10.6. The van der Waals surface area contributed by atoms with Crippen LogP contribution >= 0.6 is 11.3 Å². The Morgan fingerprint density at radius 1 is 1.03 bits per heavy atom. The number of carbonyl (C=O) groups excluding carboxylic acids is 1. The second-order valence-electron chi connectivity index (χ2n) is 10.4. The second-order valence-corrected chi connectivity index (χ2v) is 13.4. The summed E-state index contributed by atoms with van der Waals surface area (Å²) >= 11 is 1.50. The Labute approximate surface area is 218 Å². The van der Waals surface area contributed by atoms with Crippen molar-refractivity contribution in [1.82, 2.24) is 14.2 Å². The predicted octanol–water partition coefficient (Wildman–Crippen LogP) is 4.79. The third kappa shape index (κ3) is 5.49. The van der Waals surface area contributed by atoms with Gasteiger partial charge >= 0.3 is 0 Å². The molecule has 1 saturated heterocycles. The van der Waals surface area contributed by atoms with Crippen molar-refractivity contribution in [3.05, 3.63) is 53.1 Å². The van der Waals surface area contributed by atoms with Crippen molar-refractivity contribution in [3.63, 3.8) is 0 Å². The standard InChI is InChI=1S/C27H36N4O3S2/c1-18-15-19(2)17-30(16-18)36(33,34)23-10-8-22(9-11-23)26(32)31(14-13-29(5)6)27-28-25-21(4)20(3)7-12-24(25)35-27/h7-12,18-19H,13-17H2,1-6H3. The van der Waals surface area contributed by atoms with Crippen LogP contribution in [0.5, 0.6) is 0 Å². The molecule has 0 saturated carbocycles. The summed E-state index contributed by atoms with van der Waals surface area (Å²) in [6, 6.07) is 10.5. The topological polar surface area (TPSA) is 73.8 Å². The quantitative estimate of drug-likeness (QED) is 0.441. The number of amides is 1. The molecular formula is C27H36N4O3S2. The molecular weight excluding hydrogens is 492 g/mol. The van der Waals surface area contributed by atoms with Gasteiger partial charge in [-0.3, -0.25) is 9.69 Å². The molecule has 0 N–H and O–H groups in total. The van der Waals surface area contributed by atoms with Crippen molar-refractivity contribution in [2.45, 2.75) is 39.0 Å². The Bertz CT molecular complexity index is 1340. The van der Waals surface area contributed by atoms with Crippen LogP contribution in [0.15, 0.2) is 41.3 Å². The number of thiazole rings is 1. The van der Waals surface area contributed by atoms with Crippen molar-refractivity contribution in [2.24, 2.45) is 11.8 Å². The molecule has 3 aromatic rings. The molecule has 0 aliphatic carbocycles. The van der Waals surface area contributed by atoms with Crippen LogP contribution < -0.4 is 4.90 Å². The lowest BCUT2D eigenvalue weighted by atomic mass is 9.94. The molecule has 2 unspecified atom stereocenters. The Kier molecular flexibility index (Phi) is 7.85. The largest absolute Gasteiger partial charge is 0.308 e. The molecule has 36 heavy (non-hydrogen) atoms. The molecule has 2 atom stereocenters. The third-order valence-electron chi connectivity index (χ3n) is 6.89. The van der Waals surface area contributed by atoms with E-state index < -0.39 is 10.0 Å². The number of nitrogens with zero attached hydrogens (tertiary/aromatic N) is 4. The predicted molar refractivity (Wildman–Crippen MR) is 147 cm³/mol. The van der Waals surface area contributed by atoms with Gasteiger partial charge in [-0.2, -0.15) is 4.31 Å². The Hall–Kier alpha value is -2.33. The van der Waals surface area contributed by atoms with Crippen molar-refractivity contribution in [3.8, 4) is 0 Å². The lowest BCUT2D eigenvalue weighted by molar-refractivity contribution is 0.0985. The highest BCUT2D eigenvalue weighted by Gasteiger charge is 2.32. The van der Waals surface area contributed by atoms with Gasteiger partial charge in [0.1, 0.15) is 0 Å². The average molecular weight is 529 g/mol. The van der Waals surface area contributed by atoms with Gasteiger partial charge in [-0.25, -0.2) is 13.4 Å². The molecule has 194 valence electrons. The van der Waals surface area contributed by atoms with Gasteiger partial charge in [0, 0.05) is 31.7 Å². The number of benzene rings is 2. The zero-order valence-corrected chi connectivity index (χ0v) is 23.6. The minimum Gasteiger partial charge on any atom is -0.308 e. The molecule has 0 bridgehead atoms. The number of carbonyl (C=O) groups is 1. The third-order valence-corrected chi connectivity index (χ3v) is 9.78. The molecule has 1 aromatic heterocycles. The molecule has 9 heteroatoms. The molecule has 1 aliphatic heterocycles. The fourth-order valence-electron chi connectivity index (χ4n) is 4.79. The Morgan fingerprint density at radius 2 is 1.67 bits per heavy atom. The summed E-state index contributed by atoms with van der Waals surface area (Å²) in [5, 5.41) is 0.651. The number of likely N-dealkylation sites (N-methyl/N-ethyl adjacent to an activating group) is 1. The van der Waals surface area contributed by atoms with E-state index >= 15 is 0 Å². The van der Waals surface area contributed by atoms with Crippen LogP contribution in [0.1, 0.15) is 41.8 Å². The summed E-state index contributed by atoms with van der Waals surface area (Å²) in [5.41, 5.74) is 3.65. The minimum absolute atomic E-state index is 0.186. The molecule has 7 nitrogen and oxygen atoms in total. The Balaban J connectivity index is 1.63. The van der Waals surface area contributed by atoms with Crippen LogP contribution in [0.3, 0.4) is 0 Å². The van der Waals surface area contributed by atoms with Gasteiger partial charge in [-0.15, -0.1) is 0 Å². The maximum absolute atomic E-state index is 13.6. The van der Waals surface area contributed by atoms with E-state index in [9.17, 15) is 13.2 Å². The van der Waals surface area contributed by atoms with Gasteiger partial charge < -0.3 is 4.90 Å². The van der Waals surface area contributed by atoms with Crippen molar-refractivity contribution < 1.29 is 13.2 Å². The van der Waals surface area contributed by atoms with Gasteiger partial charge in [0.2, 0.25) is 10.0 Å². The first-order valence-corrected chi connectivity index (χ1v) is 14.7. The smallest absolute Gasteiger partial charge is 0.260 e. The molecule has 2 heterocycles. The van der Waals surface area contributed by atoms with Crippen LogP contribution in [0.4, 0.5) is 5.13 Å². The van der Waals surface area contributed by atoms with Crippen LogP contribution in [0.25, 0.3) is 10.2 Å². The van der Waals surface area contributed by atoms with Crippen LogP contribution in [0, 0.1) is 25.7 Å². The molecule has 1 aliphatic rings. The van der Waals surface area contributed by atoms with Crippen LogP contribution in [-0.4, -0.2) is 68.8 Å².